The van der Waals surface area contributed by atoms with Crippen LogP contribution in [-0.2, 0) is 17.6 Å². The van der Waals surface area contributed by atoms with E-state index < -0.39 is 0 Å². The minimum atomic E-state index is -0.344. The summed E-state index contributed by atoms with van der Waals surface area (Å²) in [4.78, 5) is 37.3. The number of aryl methyl sites for hydroxylation is 1. The molecular weight excluding hydrogens is 328 g/mol. The quantitative estimate of drug-likeness (QED) is 0.812. The van der Waals surface area contributed by atoms with Crippen LogP contribution in [0.1, 0.15) is 51.6 Å². The smallest absolute Gasteiger partial charge is 0.261 e. The van der Waals surface area contributed by atoms with Crippen molar-refractivity contribution >= 4 is 23.4 Å². The summed E-state index contributed by atoms with van der Waals surface area (Å²) in [5, 5.41) is 2.80. The van der Waals surface area contributed by atoms with Crippen LogP contribution in [0.25, 0.3) is 0 Å². The van der Waals surface area contributed by atoms with E-state index in [4.69, 9.17) is 0 Å². The average molecular weight is 350 g/mol. The Labute approximate surface area is 153 Å². The van der Waals surface area contributed by atoms with Gasteiger partial charge in [-0.05, 0) is 42.2 Å². The third-order valence-corrected chi connectivity index (χ3v) is 4.58. The molecule has 5 nitrogen and oxygen atoms in total. The summed E-state index contributed by atoms with van der Waals surface area (Å²) in [5.74, 6) is -0.814. The zero-order valence-electron chi connectivity index (χ0n) is 15.0. The highest BCUT2D eigenvalue weighted by atomic mass is 16.2. The molecule has 1 N–H and O–H groups in total. The Kier molecular flexibility index (Phi) is 5.16. The number of rotatable bonds is 6. The number of benzene rings is 2. The lowest BCUT2D eigenvalue weighted by Crippen LogP contribution is -2.24. The minimum Gasteiger partial charge on any atom is -0.326 e. The summed E-state index contributed by atoms with van der Waals surface area (Å²) in [6.45, 7) is 2.17. The molecule has 0 spiro atoms. The fourth-order valence-corrected chi connectivity index (χ4v) is 3.03. The number of nitrogens with one attached hydrogen (secondary N) is 1. The normalized spacial score (nSPS) is 13.1. The van der Waals surface area contributed by atoms with Gasteiger partial charge in [-0.2, -0.15) is 0 Å². The Morgan fingerprint density at radius 1 is 0.962 bits per heavy atom. The summed E-state index contributed by atoms with van der Waals surface area (Å²) in [7, 11) is 1.45. The molecule has 0 fully saturated rings. The summed E-state index contributed by atoms with van der Waals surface area (Å²) < 4.78 is 0. The number of hydrogen-bond acceptors (Lipinski definition) is 3. The monoisotopic (exact) mass is 350 g/mol. The fraction of sp³-hybridized carbons (Fsp3) is 0.286. The fourth-order valence-electron chi connectivity index (χ4n) is 3.03. The molecule has 26 heavy (non-hydrogen) atoms. The molecular formula is C21H22N2O3. The van der Waals surface area contributed by atoms with Gasteiger partial charge in [-0.3, -0.25) is 19.3 Å². The van der Waals surface area contributed by atoms with Crippen molar-refractivity contribution in [3.8, 4) is 0 Å². The minimum absolute atomic E-state index is 0.156. The van der Waals surface area contributed by atoms with E-state index in [0.717, 1.165) is 29.7 Å². The Morgan fingerprint density at radius 3 is 2.31 bits per heavy atom. The lowest BCUT2D eigenvalue weighted by Gasteiger charge is -2.07. The number of unbranched alkanes of at least 4 members (excludes halogenated alkanes) is 1. The van der Waals surface area contributed by atoms with Crippen LogP contribution in [0.5, 0.6) is 0 Å². The van der Waals surface area contributed by atoms with E-state index in [-0.39, 0.29) is 24.1 Å². The van der Waals surface area contributed by atoms with Gasteiger partial charge in [0, 0.05) is 12.7 Å². The van der Waals surface area contributed by atoms with Gasteiger partial charge in [-0.25, -0.2) is 0 Å². The molecule has 0 saturated heterocycles. The van der Waals surface area contributed by atoms with Gasteiger partial charge >= 0.3 is 0 Å². The van der Waals surface area contributed by atoms with E-state index in [1.807, 2.05) is 12.1 Å². The summed E-state index contributed by atoms with van der Waals surface area (Å²) in [6, 6.07) is 12.9. The molecule has 1 aliphatic rings. The van der Waals surface area contributed by atoms with Crippen LogP contribution in [0, 0.1) is 0 Å². The number of fused-ring (bicyclic) bond motifs is 1. The molecule has 134 valence electrons. The van der Waals surface area contributed by atoms with E-state index >= 15 is 0 Å². The predicted molar refractivity (Wildman–Crippen MR) is 100 cm³/mol. The van der Waals surface area contributed by atoms with Crippen molar-refractivity contribution in [1.82, 2.24) is 4.90 Å². The number of carbonyl (C=O) groups excluding carboxylic acids is 3. The third-order valence-electron chi connectivity index (χ3n) is 4.58. The van der Waals surface area contributed by atoms with Crippen LogP contribution >= 0.6 is 0 Å². The van der Waals surface area contributed by atoms with E-state index in [1.165, 1.54) is 12.6 Å². The van der Waals surface area contributed by atoms with Crippen molar-refractivity contribution in [2.45, 2.75) is 32.6 Å². The van der Waals surface area contributed by atoms with Crippen LogP contribution in [0.3, 0.4) is 0 Å². The standard InChI is InChI=1S/C21H22N2O3/c1-3-4-5-14-6-8-15(9-7-14)12-19(24)22-16-10-11-17-18(13-16)21(26)23(2)20(17)25/h6-11,13H,3-5,12H2,1-2H3,(H,22,24). The maximum Gasteiger partial charge on any atom is 0.261 e. The first kappa shape index (κ1) is 17.9. The second-order valence-corrected chi connectivity index (χ2v) is 6.57. The van der Waals surface area contributed by atoms with Gasteiger partial charge in [-0.1, -0.05) is 37.6 Å². The lowest BCUT2D eigenvalue weighted by atomic mass is 10.0. The van der Waals surface area contributed by atoms with Crippen LogP contribution in [0.2, 0.25) is 0 Å². The average Bonchev–Trinajstić information content (AvgIpc) is 2.85. The van der Waals surface area contributed by atoms with Crippen molar-refractivity contribution in [2.24, 2.45) is 0 Å². The SMILES string of the molecule is CCCCc1ccc(CC(=O)Nc2ccc3c(c2)C(=O)N(C)C3=O)cc1. The zero-order chi connectivity index (χ0) is 18.7. The topological polar surface area (TPSA) is 66.5 Å². The van der Waals surface area contributed by atoms with Gasteiger partial charge in [0.15, 0.2) is 0 Å². The highest BCUT2D eigenvalue weighted by Gasteiger charge is 2.32. The van der Waals surface area contributed by atoms with Gasteiger partial charge in [-0.15, -0.1) is 0 Å². The van der Waals surface area contributed by atoms with Crippen LogP contribution in [-0.4, -0.2) is 29.7 Å². The van der Waals surface area contributed by atoms with Crippen molar-refractivity contribution in [2.75, 3.05) is 12.4 Å². The Hall–Kier alpha value is -2.95. The summed E-state index contributed by atoms with van der Waals surface area (Å²) in [5.41, 5.74) is 3.44. The Morgan fingerprint density at radius 2 is 1.62 bits per heavy atom. The van der Waals surface area contributed by atoms with Crippen molar-refractivity contribution in [1.29, 1.82) is 0 Å². The third kappa shape index (κ3) is 3.67. The maximum absolute atomic E-state index is 12.3. The predicted octanol–water partition coefficient (Wildman–Crippen LogP) is 3.44. The largest absolute Gasteiger partial charge is 0.326 e. The summed E-state index contributed by atoms with van der Waals surface area (Å²) >= 11 is 0. The molecule has 1 aliphatic heterocycles. The van der Waals surface area contributed by atoms with E-state index in [0.29, 0.717) is 16.8 Å². The van der Waals surface area contributed by atoms with Gasteiger partial charge in [0.2, 0.25) is 5.91 Å². The highest BCUT2D eigenvalue weighted by Crippen LogP contribution is 2.24. The maximum atomic E-state index is 12.3. The molecule has 0 saturated carbocycles. The summed E-state index contributed by atoms with van der Waals surface area (Å²) in [6.07, 6.45) is 3.64. The molecule has 0 aromatic heterocycles. The van der Waals surface area contributed by atoms with Crippen LogP contribution < -0.4 is 5.32 Å². The first-order valence-corrected chi connectivity index (χ1v) is 8.83. The second kappa shape index (κ2) is 7.52. The van der Waals surface area contributed by atoms with Crippen LogP contribution in [0.15, 0.2) is 42.5 Å². The van der Waals surface area contributed by atoms with Crippen molar-refractivity contribution < 1.29 is 14.4 Å². The number of nitrogens with zero attached hydrogens (tertiary/aromatic N) is 1. The molecule has 0 unspecified atom stereocenters. The lowest BCUT2D eigenvalue weighted by molar-refractivity contribution is -0.115. The first-order valence-electron chi connectivity index (χ1n) is 8.83. The van der Waals surface area contributed by atoms with Crippen LogP contribution in [0.4, 0.5) is 5.69 Å². The highest BCUT2D eigenvalue weighted by molar-refractivity contribution is 6.21. The molecule has 2 aromatic rings. The van der Waals surface area contributed by atoms with Gasteiger partial charge in [0.25, 0.3) is 11.8 Å². The van der Waals surface area contributed by atoms with Gasteiger partial charge in [0.1, 0.15) is 0 Å². The zero-order valence-corrected chi connectivity index (χ0v) is 15.0. The number of hydrogen-bond donors (Lipinski definition) is 1. The van der Waals surface area contributed by atoms with Crippen molar-refractivity contribution in [3.05, 3.63) is 64.7 Å². The molecule has 3 rings (SSSR count). The van der Waals surface area contributed by atoms with Gasteiger partial charge < -0.3 is 5.32 Å². The molecule has 0 bridgehead atoms. The van der Waals surface area contributed by atoms with E-state index in [9.17, 15) is 14.4 Å². The van der Waals surface area contributed by atoms with E-state index in [2.05, 4.69) is 24.4 Å². The number of anilines is 1. The molecule has 2 aromatic carbocycles. The number of carbonyl (C=O) groups is 3. The van der Waals surface area contributed by atoms with Gasteiger partial charge in [0.05, 0.1) is 17.5 Å². The second-order valence-electron chi connectivity index (χ2n) is 6.57. The van der Waals surface area contributed by atoms with Crippen molar-refractivity contribution in [3.63, 3.8) is 0 Å². The molecule has 3 amide bonds. The molecule has 0 radical (unpaired) electrons. The van der Waals surface area contributed by atoms with E-state index in [1.54, 1.807) is 18.2 Å². The first-order chi connectivity index (χ1) is 12.5. The molecule has 1 heterocycles. The number of amides is 3. The molecule has 0 aliphatic carbocycles. The molecule has 5 heteroatoms. The number of imide groups is 1. The molecule has 0 atom stereocenters. The Bertz CT molecular complexity index is 856. The Balaban J connectivity index is 1.64.